The molecule has 33 heavy (non-hydrogen) atoms. The van der Waals surface area contributed by atoms with E-state index in [4.69, 9.17) is 21.1 Å². The zero-order valence-electron chi connectivity index (χ0n) is 17.8. The molecule has 1 aromatic heterocycles. The SMILES string of the molecule is COC(=O)[C@H]1[C@@H](O)[C@@]2(O)c3ncc(Cl)cc3O[C@@]2(c2ccc(Br)cc2)[C@@H]1c1ccc(C)cc1. The zero-order chi connectivity index (χ0) is 23.5. The molecule has 5 rings (SSSR count). The van der Waals surface area contributed by atoms with Crippen molar-refractivity contribution in [2.75, 3.05) is 7.11 Å². The number of pyridine rings is 1. The number of methoxy groups -OCH3 is 1. The van der Waals surface area contributed by atoms with Gasteiger partial charge in [-0.25, -0.2) is 0 Å². The van der Waals surface area contributed by atoms with Crippen LogP contribution in [0.5, 0.6) is 5.75 Å². The lowest BCUT2D eigenvalue weighted by Gasteiger charge is -2.40. The molecule has 170 valence electrons. The zero-order valence-corrected chi connectivity index (χ0v) is 20.2. The van der Waals surface area contributed by atoms with E-state index in [1.54, 1.807) is 18.2 Å². The number of aromatic nitrogens is 1. The normalized spacial score (nSPS) is 29.8. The van der Waals surface area contributed by atoms with E-state index in [0.717, 1.165) is 10.0 Å². The molecule has 5 atom stereocenters. The van der Waals surface area contributed by atoms with Crippen LogP contribution in [0.2, 0.25) is 5.02 Å². The van der Waals surface area contributed by atoms with Gasteiger partial charge in [0.1, 0.15) is 17.5 Å². The Morgan fingerprint density at radius 1 is 1.18 bits per heavy atom. The molecule has 0 radical (unpaired) electrons. The molecule has 3 aromatic rings. The second kappa shape index (κ2) is 7.81. The molecule has 0 bridgehead atoms. The van der Waals surface area contributed by atoms with E-state index >= 15 is 0 Å². The van der Waals surface area contributed by atoms with Crippen molar-refractivity contribution in [3.8, 4) is 5.75 Å². The van der Waals surface area contributed by atoms with Crippen LogP contribution in [0.15, 0.2) is 65.3 Å². The number of fused-ring (bicyclic) bond motifs is 3. The molecule has 1 fully saturated rings. The van der Waals surface area contributed by atoms with Crippen molar-refractivity contribution < 1.29 is 24.5 Å². The number of rotatable bonds is 3. The van der Waals surface area contributed by atoms with Gasteiger partial charge in [0.15, 0.2) is 11.2 Å². The Hall–Kier alpha value is -2.45. The molecule has 2 aromatic carbocycles. The third-order valence-corrected chi connectivity index (χ3v) is 7.50. The predicted molar refractivity (Wildman–Crippen MR) is 125 cm³/mol. The van der Waals surface area contributed by atoms with E-state index in [0.29, 0.717) is 16.1 Å². The standard InChI is InChI=1S/C25H21BrClNO5/c1-13-3-5-14(6-4-13)20-19(23(30)32-2)22(29)24(31)21-18(11-17(27)12-28-21)33-25(20,24)15-7-9-16(26)10-8-15/h3-12,19-20,22,29,31H,1-2H3/t19-,20-,22-,24+,25+/m1/s1. The fourth-order valence-electron chi connectivity index (χ4n) is 5.34. The highest BCUT2D eigenvalue weighted by Gasteiger charge is 2.78. The third kappa shape index (κ3) is 2.99. The van der Waals surface area contributed by atoms with E-state index in [1.807, 2.05) is 43.3 Å². The van der Waals surface area contributed by atoms with E-state index < -0.39 is 35.1 Å². The first-order chi connectivity index (χ1) is 15.7. The first-order valence-electron chi connectivity index (χ1n) is 10.4. The number of halogens is 2. The average Bonchev–Trinajstić information content (AvgIpc) is 3.17. The van der Waals surface area contributed by atoms with Crippen LogP contribution < -0.4 is 4.74 Å². The molecule has 0 unspecified atom stereocenters. The lowest BCUT2D eigenvalue weighted by molar-refractivity contribution is -0.162. The van der Waals surface area contributed by atoms with Gasteiger partial charge in [0.05, 0.1) is 18.1 Å². The molecule has 0 amide bonds. The minimum atomic E-state index is -2.05. The molecule has 0 saturated heterocycles. The summed E-state index contributed by atoms with van der Waals surface area (Å²) in [5, 5.41) is 24.2. The summed E-state index contributed by atoms with van der Waals surface area (Å²) < 4.78 is 12.5. The van der Waals surface area contributed by atoms with E-state index in [-0.39, 0.29) is 11.4 Å². The fraction of sp³-hybridized carbons (Fsp3) is 0.280. The number of nitrogens with zero attached hydrogens (tertiary/aromatic N) is 1. The van der Waals surface area contributed by atoms with Gasteiger partial charge in [0, 0.05) is 22.7 Å². The maximum Gasteiger partial charge on any atom is 0.312 e. The Bertz CT molecular complexity index is 1230. The van der Waals surface area contributed by atoms with Crippen LogP contribution >= 0.6 is 27.5 Å². The summed E-state index contributed by atoms with van der Waals surface area (Å²) in [6.07, 6.45) is -0.173. The molecule has 8 heteroatoms. The van der Waals surface area contributed by atoms with Crippen molar-refractivity contribution in [3.05, 3.63) is 92.7 Å². The van der Waals surface area contributed by atoms with Gasteiger partial charge in [0.2, 0.25) is 0 Å². The quantitative estimate of drug-likeness (QED) is 0.493. The number of carbonyl (C=O) groups excluding carboxylic acids is 1. The minimum Gasteiger partial charge on any atom is -0.476 e. The fourth-order valence-corrected chi connectivity index (χ4v) is 5.75. The predicted octanol–water partition coefficient (Wildman–Crippen LogP) is 4.23. The smallest absolute Gasteiger partial charge is 0.312 e. The summed E-state index contributed by atoms with van der Waals surface area (Å²) in [7, 11) is 1.26. The Kier molecular flexibility index (Phi) is 5.29. The summed E-state index contributed by atoms with van der Waals surface area (Å²) >= 11 is 9.62. The first-order valence-corrected chi connectivity index (χ1v) is 11.6. The van der Waals surface area contributed by atoms with Crippen molar-refractivity contribution in [1.29, 1.82) is 0 Å². The molecule has 1 aliphatic carbocycles. The lowest BCUT2D eigenvalue weighted by atomic mass is 9.71. The number of ether oxygens (including phenoxy) is 2. The number of hydrogen-bond donors (Lipinski definition) is 2. The highest BCUT2D eigenvalue weighted by molar-refractivity contribution is 9.10. The topological polar surface area (TPSA) is 88.9 Å². The van der Waals surface area contributed by atoms with Crippen LogP contribution in [0.4, 0.5) is 0 Å². The summed E-state index contributed by atoms with van der Waals surface area (Å²) in [6.45, 7) is 1.96. The molecular weight excluding hydrogens is 510 g/mol. The van der Waals surface area contributed by atoms with Gasteiger partial charge in [0.25, 0.3) is 0 Å². The summed E-state index contributed by atoms with van der Waals surface area (Å²) in [4.78, 5) is 17.4. The van der Waals surface area contributed by atoms with Gasteiger partial charge in [-0.2, -0.15) is 0 Å². The number of hydrogen-bond acceptors (Lipinski definition) is 6. The second-order valence-corrected chi connectivity index (χ2v) is 9.85. The lowest BCUT2D eigenvalue weighted by Crippen LogP contribution is -2.52. The van der Waals surface area contributed by atoms with Gasteiger partial charge in [-0.3, -0.25) is 9.78 Å². The van der Waals surface area contributed by atoms with Crippen LogP contribution in [0.3, 0.4) is 0 Å². The second-order valence-electron chi connectivity index (χ2n) is 8.49. The Morgan fingerprint density at radius 3 is 2.48 bits per heavy atom. The molecule has 6 nitrogen and oxygen atoms in total. The molecule has 1 saturated carbocycles. The summed E-state index contributed by atoms with van der Waals surface area (Å²) in [5.74, 6) is -2.30. The van der Waals surface area contributed by atoms with Gasteiger partial charge >= 0.3 is 5.97 Å². The minimum absolute atomic E-state index is 0.130. The number of aliphatic hydroxyl groups is 2. The highest BCUT2D eigenvalue weighted by Crippen LogP contribution is 2.68. The number of aliphatic hydroxyl groups excluding tert-OH is 1. The maximum absolute atomic E-state index is 13.0. The Labute approximate surface area is 204 Å². The van der Waals surface area contributed by atoms with Crippen LogP contribution in [0, 0.1) is 12.8 Å². The molecule has 2 heterocycles. The van der Waals surface area contributed by atoms with Crippen LogP contribution in [-0.2, 0) is 20.7 Å². The third-order valence-electron chi connectivity index (χ3n) is 6.77. The van der Waals surface area contributed by atoms with Crippen molar-refractivity contribution in [3.63, 3.8) is 0 Å². The largest absolute Gasteiger partial charge is 0.476 e. The number of benzene rings is 2. The van der Waals surface area contributed by atoms with Crippen LogP contribution in [-0.4, -0.2) is 34.4 Å². The number of esters is 1. The highest BCUT2D eigenvalue weighted by atomic mass is 79.9. The number of carbonyl (C=O) groups is 1. The van der Waals surface area contributed by atoms with E-state index in [2.05, 4.69) is 20.9 Å². The van der Waals surface area contributed by atoms with Crippen LogP contribution in [0.25, 0.3) is 0 Å². The Morgan fingerprint density at radius 2 is 1.85 bits per heavy atom. The van der Waals surface area contributed by atoms with Crippen LogP contribution in [0.1, 0.15) is 28.3 Å². The van der Waals surface area contributed by atoms with E-state index in [9.17, 15) is 15.0 Å². The molecule has 0 spiro atoms. The molecule has 2 aliphatic rings. The molecule has 1 aliphatic heterocycles. The summed E-state index contributed by atoms with van der Waals surface area (Å²) in [6, 6.07) is 16.4. The van der Waals surface area contributed by atoms with Crippen molar-refractivity contribution in [1.82, 2.24) is 4.98 Å². The first kappa shape index (κ1) is 22.3. The molecule has 2 N–H and O–H groups in total. The van der Waals surface area contributed by atoms with Crippen molar-refractivity contribution >= 4 is 33.5 Å². The summed E-state index contributed by atoms with van der Waals surface area (Å²) in [5.41, 5.74) is -1.16. The van der Waals surface area contributed by atoms with E-state index in [1.165, 1.54) is 13.3 Å². The number of aryl methyl sites for hydroxylation is 1. The monoisotopic (exact) mass is 529 g/mol. The van der Waals surface area contributed by atoms with Gasteiger partial charge in [-0.1, -0.05) is 69.5 Å². The van der Waals surface area contributed by atoms with Gasteiger partial charge < -0.3 is 19.7 Å². The van der Waals surface area contributed by atoms with Crippen molar-refractivity contribution in [2.24, 2.45) is 5.92 Å². The molecular formula is C25H21BrClNO5. The average molecular weight is 531 g/mol. The Balaban J connectivity index is 1.86. The van der Waals surface area contributed by atoms with Gasteiger partial charge in [-0.05, 0) is 30.2 Å². The van der Waals surface area contributed by atoms with Crippen molar-refractivity contribution in [2.45, 2.75) is 30.1 Å². The van der Waals surface area contributed by atoms with Gasteiger partial charge in [-0.15, -0.1) is 0 Å². The maximum atomic E-state index is 13.0.